The first-order valence-electron chi connectivity index (χ1n) is 8.76. The first-order chi connectivity index (χ1) is 11.7. The molecule has 136 valence electrons. The second-order valence-corrected chi connectivity index (χ2v) is 6.03. The number of nitrogens with zero attached hydrogens (tertiary/aromatic N) is 2. The van der Waals surface area contributed by atoms with Crippen LogP contribution in [0.5, 0.6) is 0 Å². The Kier molecular flexibility index (Phi) is 11.1. The summed E-state index contributed by atoms with van der Waals surface area (Å²) in [4.78, 5) is 15.4. The standard InChI is InChI=1S/C18H32N4O2/c19-9-4-11-21(13-8-18(23)24)14-15-22(12-5-10-20)16-17-6-2-1-3-7-17/h1-3,6-7H,4-5,8-16,19-20H2,(H,23,24). The highest BCUT2D eigenvalue weighted by atomic mass is 16.4. The van der Waals surface area contributed by atoms with Crippen molar-refractivity contribution in [3.8, 4) is 0 Å². The maximum Gasteiger partial charge on any atom is 0.304 e. The van der Waals surface area contributed by atoms with Crippen LogP contribution in [0.25, 0.3) is 0 Å². The Morgan fingerprint density at radius 2 is 1.46 bits per heavy atom. The molecule has 0 fully saturated rings. The number of carboxylic acids is 1. The van der Waals surface area contributed by atoms with E-state index in [9.17, 15) is 4.79 Å². The second kappa shape index (κ2) is 12.9. The van der Waals surface area contributed by atoms with Gasteiger partial charge in [0.2, 0.25) is 0 Å². The number of benzene rings is 1. The smallest absolute Gasteiger partial charge is 0.304 e. The molecule has 0 bridgehead atoms. The summed E-state index contributed by atoms with van der Waals surface area (Å²) in [5.41, 5.74) is 12.5. The van der Waals surface area contributed by atoms with Crippen molar-refractivity contribution in [2.45, 2.75) is 25.8 Å². The van der Waals surface area contributed by atoms with Crippen molar-refractivity contribution in [3.63, 3.8) is 0 Å². The summed E-state index contributed by atoms with van der Waals surface area (Å²) in [6, 6.07) is 10.4. The Hall–Kier alpha value is -1.47. The highest BCUT2D eigenvalue weighted by Gasteiger charge is 2.11. The summed E-state index contributed by atoms with van der Waals surface area (Å²) in [5, 5.41) is 8.90. The van der Waals surface area contributed by atoms with Gasteiger partial charge >= 0.3 is 5.97 Å². The van der Waals surface area contributed by atoms with Crippen LogP contribution in [0.15, 0.2) is 30.3 Å². The first kappa shape index (κ1) is 20.6. The van der Waals surface area contributed by atoms with Crippen molar-refractivity contribution in [2.24, 2.45) is 11.5 Å². The summed E-state index contributed by atoms with van der Waals surface area (Å²) in [6.45, 7) is 6.33. The molecular formula is C18H32N4O2. The normalized spacial score (nSPS) is 11.3. The summed E-state index contributed by atoms with van der Waals surface area (Å²) >= 11 is 0. The average Bonchev–Trinajstić information content (AvgIpc) is 2.59. The zero-order chi connectivity index (χ0) is 17.6. The number of nitrogens with two attached hydrogens (primary N) is 2. The Labute approximate surface area is 145 Å². The number of rotatable bonds is 14. The number of aliphatic carboxylic acids is 1. The predicted molar refractivity (Wildman–Crippen MR) is 97.8 cm³/mol. The van der Waals surface area contributed by atoms with E-state index in [-0.39, 0.29) is 6.42 Å². The van der Waals surface area contributed by atoms with Gasteiger partial charge in [-0.15, -0.1) is 0 Å². The van der Waals surface area contributed by atoms with Gasteiger partial charge in [0.25, 0.3) is 0 Å². The zero-order valence-corrected chi connectivity index (χ0v) is 14.6. The maximum atomic E-state index is 10.8. The number of hydrogen-bond acceptors (Lipinski definition) is 5. The molecule has 0 spiro atoms. The molecule has 0 radical (unpaired) electrons. The number of hydrogen-bond donors (Lipinski definition) is 3. The summed E-state index contributed by atoms with van der Waals surface area (Å²) < 4.78 is 0. The van der Waals surface area contributed by atoms with E-state index < -0.39 is 5.97 Å². The van der Waals surface area contributed by atoms with Crippen LogP contribution in [0.2, 0.25) is 0 Å². The summed E-state index contributed by atoms with van der Waals surface area (Å²) in [7, 11) is 0. The van der Waals surface area contributed by atoms with Gasteiger partial charge in [-0.1, -0.05) is 30.3 Å². The highest BCUT2D eigenvalue weighted by Crippen LogP contribution is 2.06. The molecule has 0 atom stereocenters. The minimum absolute atomic E-state index is 0.173. The summed E-state index contributed by atoms with van der Waals surface area (Å²) in [5.74, 6) is -0.753. The van der Waals surface area contributed by atoms with E-state index in [4.69, 9.17) is 16.6 Å². The van der Waals surface area contributed by atoms with Gasteiger partial charge in [-0.2, -0.15) is 0 Å². The van der Waals surface area contributed by atoms with E-state index in [0.29, 0.717) is 19.6 Å². The average molecular weight is 336 g/mol. The number of carboxylic acid groups (broad SMARTS) is 1. The van der Waals surface area contributed by atoms with Gasteiger partial charge in [0.05, 0.1) is 6.42 Å². The minimum atomic E-state index is -0.753. The molecule has 6 nitrogen and oxygen atoms in total. The molecule has 0 aliphatic heterocycles. The predicted octanol–water partition coefficient (Wildman–Crippen LogP) is 0.963. The van der Waals surface area contributed by atoms with Crippen molar-refractivity contribution in [1.82, 2.24) is 9.80 Å². The molecule has 0 aromatic heterocycles. The van der Waals surface area contributed by atoms with Crippen molar-refractivity contribution < 1.29 is 9.90 Å². The molecule has 1 rings (SSSR count). The van der Waals surface area contributed by atoms with Gasteiger partial charge in [-0.3, -0.25) is 9.69 Å². The SMILES string of the molecule is NCCCN(CCC(=O)O)CCN(CCCN)Cc1ccccc1. The molecule has 0 saturated heterocycles. The Bertz CT molecular complexity index is 442. The third-order valence-corrected chi connectivity index (χ3v) is 3.98. The molecule has 0 heterocycles. The van der Waals surface area contributed by atoms with Crippen LogP contribution >= 0.6 is 0 Å². The van der Waals surface area contributed by atoms with E-state index in [1.54, 1.807) is 0 Å². The first-order valence-corrected chi connectivity index (χ1v) is 8.76. The van der Waals surface area contributed by atoms with E-state index in [1.807, 2.05) is 6.07 Å². The fourth-order valence-corrected chi connectivity index (χ4v) is 2.61. The van der Waals surface area contributed by atoms with Crippen molar-refractivity contribution in [3.05, 3.63) is 35.9 Å². The van der Waals surface area contributed by atoms with E-state index in [1.165, 1.54) is 5.56 Å². The largest absolute Gasteiger partial charge is 0.481 e. The third kappa shape index (κ3) is 9.62. The molecule has 1 aromatic carbocycles. The van der Waals surface area contributed by atoms with Crippen molar-refractivity contribution >= 4 is 5.97 Å². The lowest BCUT2D eigenvalue weighted by Crippen LogP contribution is -2.37. The van der Waals surface area contributed by atoms with Gasteiger partial charge in [-0.05, 0) is 44.6 Å². The molecular weight excluding hydrogens is 304 g/mol. The molecule has 24 heavy (non-hydrogen) atoms. The van der Waals surface area contributed by atoms with Crippen LogP contribution in [0.4, 0.5) is 0 Å². The third-order valence-electron chi connectivity index (χ3n) is 3.98. The van der Waals surface area contributed by atoms with Crippen LogP contribution in [-0.2, 0) is 11.3 Å². The molecule has 0 aliphatic carbocycles. The molecule has 0 saturated carbocycles. The lowest BCUT2D eigenvalue weighted by molar-refractivity contribution is -0.137. The zero-order valence-electron chi connectivity index (χ0n) is 14.6. The van der Waals surface area contributed by atoms with E-state index >= 15 is 0 Å². The molecule has 0 unspecified atom stereocenters. The van der Waals surface area contributed by atoms with Crippen LogP contribution < -0.4 is 11.5 Å². The van der Waals surface area contributed by atoms with Crippen LogP contribution in [0.1, 0.15) is 24.8 Å². The fourth-order valence-electron chi connectivity index (χ4n) is 2.61. The Morgan fingerprint density at radius 1 is 0.875 bits per heavy atom. The van der Waals surface area contributed by atoms with Gasteiger partial charge in [0.15, 0.2) is 0 Å². The summed E-state index contributed by atoms with van der Waals surface area (Å²) in [6.07, 6.45) is 2.03. The maximum absolute atomic E-state index is 10.8. The van der Waals surface area contributed by atoms with Crippen molar-refractivity contribution in [1.29, 1.82) is 0 Å². The monoisotopic (exact) mass is 336 g/mol. The van der Waals surface area contributed by atoms with Crippen LogP contribution in [-0.4, -0.2) is 66.7 Å². The van der Waals surface area contributed by atoms with Crippen molar-refractivity contribution in [2.75, 3.05) is 45.8 Å². The van der Waals surface area contributed by atoms with Crippen LogP contribution in [0.3, 0.4) is 0 Å². The molecule has 6 heteroatoms. The number of carbonyl (C=O) groups is 1. The lowest BCUT2D eigenvalue weighted by atomic mass is 10.2. The Balaban J connectivity index is 2.53. The minimum Gasteiger partial charge on any atom is -0.481 e. The molecule has 1 aromatic rings. The lowest BCUT2D eigenvalue weighted by Gasteiger charge is -2.27. The quantitative estimate of drug-likeness (QED) is 0.468. The van der Waals surface area contributed by atoms with E-state index in [0.717, 1.165) is 45.6 Å². The molecule has 0 amide bonds. The molecule has 5 N–H and O–H groups in total. The fraction of sp³-hybridized carbons (Fsp3) is 0.611. The van der Waals surface area contributed by atoms with Gasteiger partial charge in [0, 0.05) is 26.2 Å². The topological polar surface area (TPSA) is 95.8 Å². The van der Waals surface area contributed by atoms with Gasteiger partial charge < -0.3 is 21.5 Å². The van der Waals surface area contributed by atoms with Gasteiger partial charge in [0.1, 0.15) is 0 Å². The highest BCUT2D eigenvalue weighted by molar-refractivity contribution is 5.66. The Morgan fingerprint density at radius 3 is 2.04 bits per heavy atom. The van der Waals surface area contributed by atoms with E-state index in [2.05, 4.69) is 34.1 Å². The second-order valence-electron chi connectivity index (χ2n) is 6.03. The van der Waals surface area contributed by atoms with Crippen LogP contribution in [0, 0.1) is 0 Å². The molecule has 0 aliphatic rings. The van der Waals surface area contributed by atoms with Gasteiger partial charge in [-0.25, -0.2) is 0 Å².